The first-order valence-corrected chi connectivity index (χ1v) is 8.65. The SMILES string of the molecule is COc1cc(CNCCC2CCC(C)CC2)cc(Br)c1O. The Morgan fingerprint density at radius 2 is 2.00 bits per heavy atom. The molecule has 1 aliphatic carbocycles. The van der Waals surface area contributed by atoms with Crippen molar-refractivity contribution in [3.05, 3.63) is 22.2 Å². The van der Waals surface area contributed by atoms with Crippen LogP contribution in [0.4, 0.5) is 0 Å². The van der Waals surface area contributed by atoms with Crippen molar-refractivity contribution < 1.29 is 9.84 Å². The van der Waals surface area contributed by atoms with E-state index in [0.29, 0.717) is 10.2 Å². The maximum absolute atomic E-state index is 9.79. The Hall–Kier alpha value is -0.740. The smallest absolute Gasteiger partial charge is 0.172 e. The summed E-state index contributed by atoms with van der Waals surface area (Å²) in [7, 11) is 1.57. The van der Waals surface area contributed by atoms with Gasteiger partial charge in [0, 0.05) is 6.54 Å². The van der Waals surface area contributed by atoms with E-state index in [-0.39, 0.29) is 5.75 Å². The summed E-state index contributed by atoms with van der Waals surface area (Å²) in [6.07, 6.45) is 6.84. The molecule has 0 unspecified atom stereocenters. The summed E-state index contributed by atoms with van der Waals surface area (Å²) in [6.45, 7) is 4.22. The number of phenolic OH excluding ortho intramolecular Hbond substituents is 1. The second kappa shape index (κ2) is 8.04. The Labute approximate surface area is 136 Å². The van der Waals surface area contributed by atoms with Gasteiger partial charge in [0.25, 0.3) is 0 Å². The Morgan fingerprint density at radius 3 is 2.67 bits per heavy atom. The van der Waals surface area contributed by atoms with Crippen LogP contribution < -0.4 is 10.1 Å². The van der Waals surface area contributed by atoms with E-state index in [4.69, 9.17) is 4.74 Å². The van der Waals surface area contributed by atoms with Gasteiger partial charge in [-0.05, 0) is 58.4 Å². The van der Waals surface area contributed by atoms with Gasteiger partial charge in [-0.15, -0.1) is 0 Å². The van der Waals surface area contributed by atoms with Crippen molar-refractivity contribution in [1.82, 2.24) is 5.32 Å². The molecular formula is C17H26BrNO2. The monoisotopic (exact) mass is 355 g/mol. The first-order valence-electron chi connectivity index (χ1n) is 7.86. The molecule has 0 atom stereocenters. The van der Waals surface area contributed by atoms with Crippen LogP contribution in [-0.2, 0) is 6.54 Å². The maximum Gasteiger partial charge on any atom is 0.172 e. The second-order valence-corrected chi connectivity index (χ2v) is 7.07. The zero-order valence-corrected chi connectivity index (χ0v) is 14.6. The number of benzene rings is 1. The molecule has 0 aliphatic heterocycles. The molecule has 0 saturated heterocycles. The molecule has 1 aliphatic rings. The van der Waals surface area contributed by atoms with Crippen LogP contribution >= 0.6 is 15.9 Å². The van der Waals surface area contributed by atoms with E-state index in [9.17, 15) is 5.11 Å². The molecule has 2 rings (SSSR count). The van der Waals surface area contributed by atoms with Gasteiger partial charge in [-0.1, -0.05) is 32.6 Å². The third-order valence-electron chi connectivity index (χ3n) is 4.50. The summed E-state index contributed by atoms with van der Waals surface area (Å²) < 4.78 is 5.85. The molecule has 1 aromatic carbocycles. The third-order valence-corrected chi connectivity index (χ3v) is 5.11. The molecule has 0 amide bonds. The molecule has 0 heterocycles. The lowest BCUT2D eigenvalue weighted by Gasteiger charge is -2.26. The van der Waals surface area contributed by atoms with Crippen LogP contribution in [0, 0.1) is 11.8 Å². The number of rotatable bonds is 6. The lowest BCUT2D eigenvalue weighted by atomic mass is 9.81. The van der Waals surface area contributed by atoms with Gasteiger partial charge in [-0.2, -0.15) is 0 Å². The predicted octanol–water partition coefficient (Wildman–Crippen LogP) is 4.47. The van der Waals surface area contributed by atoms with Crippen molar-refractivity contribution in [1.29, 1.82) is 0 Å². The van der Waals surface area contributed by atoms with Gasteiger partial charge in [0.15, 0.2) is 11.5 Å². The Bertz CT molecular complexity index is 456. The average molecular weight is 356 g/mol. The van der Waals surface area contributed by atoms with Gasteiger partial charge >= 0.3 is 0 Å². The standard InChI is InChI=1S/C17H26BrNO2/c1-12-3-5-13(6-4-12)7-8-19-11-14-9-15(18)17(20)16(10-14)21-2/h9-10,12-13,19-20H,3-8,11H2,1-2H3. The molecule has 2 N–H and O–H groups in total. The van der Waals surface area contributed by atoms with Gasteiger partial charge in [0.05, 0.1) is 11.6 Å². The van der Waals surface area contributed by atoms with E-state index >= 15 is 0 Å². The highest BCUT2D eigenvalue weighted by Gasteiger charge is 2.17. The van der Waals surface area contributed by atoms with Crippen molar-refractivity contribution in [3.63, 3.8) is 0 Å². The Morgan fingerprint density at radius 1 is 1.29 bits per heavy atom. The minimum Gasteiger partial charge on any atom is -0.503 e. The number of halogens is 1. The fraction of sp³-hybridized carbons (Fsp3) is 0.647. The van der Waals surface area contributed by atoms with E-state index < -0.39 is 0 Å². The number of hydrogen-bond acceptors (Lipinski definition) is 3. The van der Waals surface area contributed by atoms with Crippen molar-refractivity contribution in [2.24, 2.45) is 11.8 Å². The maximum atomic E-state index is 9.79. The van der Waals surface area contributed by atoms with Crippen LogP contribution in [0.3, 0.4) is 0 Å². The van der Waals surface area contributed by atoms with Crippen LogP contribution in [0.1, 0.15) is 44.6 Å². The molecule has 1 saturated carbocycles. The van der Waals surface area contributed by atoms with Crippen LogP contribution in [0.25, 0.3) is 0 Å². The largest absolute Gasteiger partial charge is 0.503 e. The highest BCUT2D eigenvalue weighted by molar-refractivity contribution is 9.10. The van der Waals surface area contributed by atoms with E-state index in [1.807, 2.05) is 12.1 Å². The second-order valence-electron chi connectivity index (χ2n) is 6.22. The van der Waals surface area contributed by atoms with E-state index in [2.05, 4.69) is 28.2 Å². The Kier molecular flexibility index (Phi) is 6.37. The third kappa shape index (κ3) is 4.89. The number of hydrogen-bond donors (Lipinski definition) is 2. The molecule has 118 valence electrons. The quantitative estimate of drug-likeness (QED) is 0.739. The minimum atomic E-state index is 0.164. The van der Waals surface area contributed by atoms with Gasteiger partial charge in [-0.25, -0.2) is 0 Å². The number of phenols is 1. The highest BCUT2D eigenvalue weighted by atomic mass is 79.9. The first-order chi connectivity index (χ1) is 10.1. The lowest BCUT2D eigenvalue weighted by Crippen LogP contribution is -2.20. The topological polar surface area (TPSA) is 41.5 Å². The number of nitrogens with one attached hydrogen (secondary N) is 1. The van der Waals surface area contributed by atoms with Crippen molar-refractivity contribution in [2.45, 2.75) is 45.6 Å². The van der Waals surface area contributed by atoms with Crippen LogP contribution in [0.15, 0.2) is 16.6 Å². The van der Waals surface area contributed by atoms with E-state index in [1.165, 1.54) is 32.1 Å². The summed E-state index contributed by atoms with van der Waals surface area (Å²) in [5.74, 6) is 2.51. The van der Waals surface area contributed by atoms with Gasteiger partial charge in [0.2, 0.25) is 0 Å². The van der Waals surface area contributed by atoms with Crippen molar-refractivity contribution in [3.8, 4) is 11.5 Å². The van der Waals surface area contributed by atoms with Gasteiger partial charge in [0.1, 0.15) is 0 Å². The normalized spacial score (nSPS) is 22.2. The summed E-state index contributed by atoms with van der Waals surface area (Å²) in [5.41, 5.74) is 1.12. The molecule has 0 aromatic heterocycles. The molecule has 0 bridgehead atoms. The summed E-state index contributed by atoms with van der Waals surface area (Å²) in [6, 6.07) is 3.82. The number of ether oxygens (including phenoxy) is 1. The summed E-state index contributed by atoms with van der Waals surface area (Å²) >= 11 is 3.36. The summed E-state index contributed by atoms with van der Waals surface area (Å²) in [4.78, 5) is 0. The highest BCUT2D eigenvalue weighted by Crippen LogP contribution is 2.35. The number of methoxy groups -OCH3 is 1. The van der Waals surface area contributed by atoms with Gasteiger partial charge in [-0.3, -0.25) is 0 Å². The molecular weight excluding hydrogens is 330 g/mol. The molecule has 4 heteroatoms. The Balaban J connectivity index is 1.75. The molecule has 1 aromatic rings. The molecule has 0 radical (unpaired) electrons. The van der Waals surface area contributed by atoms with E-state index in [1.54, 1.807) is 7.11 Å². The molecule has 3 nitrogen and oxygen atoms in total. The first kappa shape index (κ1) is 16.6. The zero-order chi connectivity index (χ0) is 15.2. The fourth-order valence-electron chi connectivity index (χ4n) is 3.04. The summed E-state index contributed by atoms with van der Waals surface area (Å²) in [5, 5.41) is 13.3. The van der Waals surface area contributed by atoms with Crippen LogP contribution in [-0.4, -0.2) is 18.8 Å². The molecule has 1 fully saturated rings. The minimum absolute atomic E-state index is 0.164. The molecule has 0 spiro atoms. The lowest BCUT2D eigenvalue weighted by molar-refractivity contribution is 0.275. The van der Waals surface area contributed by atoms with Gasteiger partial charge < -0.3 is 15.2 Å². The van der Waals surface area contributed by atoms with Crippen LogP contribution in [0.2, 0.25) is 0 Å². The van der Waals surface area contributed by atoms with E-state index in [0.717, 1.165) is 30.5 Å². The fourth-order valence-corrected chi connectivity index (χ4v) is 3.53. The van der Waals surface area contributed by atoms with Crippen molar-refractivity contribution >= 4 is 15.9 Å². The molecule has 21 heavy (non-hydrogen) atoms. The van der Waals surface area contributed by atoms with Crippen LogP contribution in [0.5, 0.6) is 11.5 Å². The zero-order valence-electron chi connectivity index (χ0n) is 13.0. The average Bonchev–Trinajstić information content (AvgIpc) is 2.48. The predicted molar refractivity (Wildman–Crippen MR) is 89.8 cm³/mol. The van der Waals surface area contributed by atoms with Crippen molar-refractivity contribution in [2.75, 3.05) is 13.7 Å². The number of aromatic hydroxyl groups is 1.